The minimum atomic E-state index is -0.0313. The van der Waals surface area contributed by atoms with Crippen LogP contribution >= 0.6 is 0 Å². The Labute approximate surface area is 224 Å². The van der Waals surface area contributed by atoms with Crippen molar-refractivity contribution >= 4 is 28.3 Å². The number of nitrogens with one attached hydrogen (secondary N) is 1. The minimum absolute atomic E-state index is 0.0313. The van der Waals surface area contributed by atoms with Crippen LogP contribution in [0.1, 0.15) is 50.1 Å². The summed E-state index contributed by atoms with van der Waals surface area (Å²) in [6.07, 6.45) is 8.05. The van der Waals surface area contributed by atoms with Gasteiger partial charge in [0.05, 0.1) is 17.8 Å². The van der Waals surface area contributed by atoms with E-state index in [1.54, 1.807) is 6.33 Å². The number of piperidine rings is 1. The van der Waals surface area contributed by atoms with Crippen LogP contribution in [0.25, 0.3) is 10.9 Å². The molecule has 200 valence electrons. The largest absolute Gasteiger partial charge is 0.493 e. The van der Waals surface area contributed by atoms with E-state index in [4.69, 9.17) is 9.47 Å². The maximum Gasteiger partial charge on any atom is 0.321 e. The fourth-order valence-electron chi connectivity index (χ4n) is 5.89. The molecule has 0 radical (unpaired) electrons. The normalized spacial score (nSPS) is 19.2. The Bertz CT molecular complexity index is 1230. The van der Waals surface area contributed by atoms with Crippen molar-refractivity contribution in [1.82, 2.24) is 14.9 Å². The van der Waals surface area contributed by atoms with E-state index in [2.05, 4.69) is 38.4 Å². The quantitative estimate of drug-likeness (QED) is 0.471. The van der Waals surface area contributed by atoms with Crippen LogP contribution in [0.4, 0.5) is 16.2 Å². The zero-order valence-electron chi connectivity index (χ0n) is 22.0. The van der Waals surface area contributed by atoms with Crippen molar-refractivity contribution in [1.29, 1.82) is 0 Å². The number of carbonyl (C=O) groups is 1. The van der Waals surface area contributed by atoms with Gasteiger partial charge in [-0.2, -0.15) is 0 Å². The highest BCUT2D eigenvalue weighted by atomic mass is 16.5. The number of urea groups is 1. The second kappa shape index (κ2) is 11.6. The van der Waals surface area contributed by atoms with Gasteiger partial charge in [-0.05, 0) is 80.8 Å². The smallest absolute Gasteiger partial charge is 0.321 e. The lowest BCUT2D eigenvalue weighted by Gasteiger charge is -2.32. The van der Waals surface area contributed by atoms with Gasteiger partial charge in [0.15, 0.2) is 0 Å². The van der Waals surface area contributed by atoms with Crippen molar-refractivity contribution in [2.45, 2.75) is 44.4 Å². The Morgan fingerprint density at radius 1 is 0.947 bits per heavy atom. The minimum Gasteiger partial charge on any atom is -0.493 e. The highest BCUT2D eigenvalue weighted by Gasteiger charge is 2.26. The summed E-state index contributed by atoms with van der Waals surface area (Å²) in [6, 6.07) is 14.3. The van der Waals surface area contributed by atoms with Gasteiger partial charge in [0.1, 0.15) is 12.1 Å². The molecule has 8 nitrogen and oxygen atoms in total. The summed E-state index contributed by atoms with van der Waals surface area (Å²) in [4.78, 5) is 26.4. The fourth-order valence-corrected chi connectivity index (χ4v) is 5.89. The molecule has 2 amide bonds. The molecule has 0 aliphatic carbocycles. The number of nitrogens with zero attached hydrogens (tertiary/aromatic N) is 4. The van der Waals surface area contributed by atoms with Gasteiger partial charge in [0, 0.05) is 68.1 Å². The first-order valence-corrected chi connectivity index (χ1v) is 14.1. The maximum absolute atomic E-state index is 12.9. The van der Waals surface area contributed by atoms with Crippen molar-refractivity contribution in [3.8, 4) is 5.75 Å². The van der Waals surface area contributed by atoms with Gasteiger partial charge in [-0.3, -0.25) is 0 Å². The average Bonchev–Trinajstić information content (AvgIpc) is 3.52. The van der Waals surface area contributed by atoms with E-state index in [1.807, 2.05) is 29.2 Å². The standard InChI is InChI=1S/C30H37N5O3/c36-30(33-24-3-5-25(6-4-24)34-13-1-2-14-34)35-15-9-23(10-16-35)29-27-8-7-26(19-28(27)31-21-32-29)38-20-22-11-17-37-18-12-22/h3-8,19,21-23H,1-2,9-18,20H2,(H,33,36). The third-order valence-corrected chi connectivity index (χ3v) is 8.22. The second-order valence-corrected chi connectivity index (χ2v) is 10.7. The van der Waals surface area contributed by atoms with Gasteiger partial charge in [0.2, 0.25) is 0 Å². The van der Waals surface area contributed by atoms with Crippen LogP contribution in [-0.2, 0) is 4.74 Å². The van der Waals surface area contributed by atoms with E-state index in [1.165, 1.54) is 18.5 Å². The summed E-state index contributed by atoms with van der Waals surface area (Å²) >= 11 is 0. The molecule has 0 spiro atoms. The molecule has 0 unspecified atom stereocenters. The molecule has 0 bridgehead atoms. The number of rotatable bonds is 6. The zero-order chi connectivity index (χ0) is 25.7. The zero-order valence-corrected chi connectivity index (χ0v) is 22.0. The van der Waals surface area contributed by atoms with Crippen LogP contribution in [0.15, 0.2) is 48.8 Å². The van der Waals surface area contributed by atoms with Crippen molar-refractivity contribution in [2.75, 3.05) is 56.2 Å². The summed E-state index contributed by atoms with van der Waals surface area (Å²) in [5.74, 6) is 1.71. The van der Waals surface area contributed by atoms with Crippen LogP contribution in [0.5, 0.6) is 5.75 Å². The highest BCUT2D eigenvalue weighted by Crippen LogP contribution is 2.33. The molecule has 6 rings (SSSR count). The number of carbonyl (C=O) groups excluding carboxylic acids is 1. The predicted octanol–water partition coefficient (Wildman–Crippen LogP) is 5.45. The Balaban J connectivity index is 1.04. The van der Waals surface area contributed by atoms with Crippen LogP contribution in [0.2, 0.25) is 0 Å². The Morgan fingerprint density at radius 2 is 1.71 bits per heavy atom. The van der Waals surface area contributed by atoms with E-state index < -0.39 is 0 Å². The second-order valence-electron chi connectivity index (χ2n) is 10.7. The summed E-state index contributed by atoms with van der Waals surface area (Å²) < 4.78 is 11.5. The number of hydrogen-bond donors (Lipinski definition) is 1. The predicted molar refractivity (Wildman–Crippen MR) is 149 cm³/mol. The molecular formula is C30H37N5O3. The maximum atomic E-state index is 12.9. The summed E-state index contributed by atoms with van der Waals surface area (Å²) in [6.45, 7) is 6.03. The first-order valence-electron chi connectivity index (χ1n) is 14.1. The van der Waals surface area contributed by atoms with Gasteiger partial charge in [-0.25, -0.2) is 14.8 Å². The number of ether oxygens (including phenoxy) is 2. The topological polar surface area (TPSA) is 79.8 Å². The number of benzene rings is 2. The molecule has 3 aromatic rings. The van der Waals surface area contributed by atoms with Crippen LogP contribution < -0.4 is 15.0 Å². The van der Waals surface area contributed by atoms with E-state index >= 15 is 0 Å². The number of fused-ring (bicyclic) bond motifs is 1. The van der Waals surface area contributed by atoms with Gasteiger partial charge in [-0.15, -0.1) is 0 Å². The summed E-state index contributed by atoms with van der Waals surface area (Å²) in [7, 11) is 0. The molecule has 0 atom stereocenters. The Hall–Kier alpha value is -3.39. The third kappa shape index (κ3) is 5.70. The van der Waals surface area contributed by atoms with Crippen molar-refractivity contribution in [2.24, 2.45) is 5.92 Å². The average molecular weight is 516 g/mol. The van der Waals surface area contributed by atoms with Crippen LogP contribution in [0.3, 0.4) is 0 Å². The molecule has 4 heterocycles. The summed E-state index contributed by atoms with van der Waals surface area (Å²) in [5, 5.41) is 4.15. The lowest BCUT2D eigenvalue weighted by Crippen LogP contribution is -2.40. The van der Waals surface area contributed by atoms with Crippen LogP contribution in [-0.4, -0.2) is 66.9 Å². The van der Waals surface area contributed by atoms with Gasteiger partial charge < -0.3 is 24.6 Å². The number of anilines is 2. The highest BCUT2D eigenvalue weighted by molar-refractivity contribution is 5.89. The number of aromatic nitrogens is 2. The molecule has 8 heteroatoms. The number of hydrogen-bond acceptors (Lipinski definition) is 6. The molecule has 1 N–H and O–H groups in total. The first-order chi connectivity index (χ1) is 18.7. The molecule has 3 aliphatic rings. The van der Waals surface area contributed by atoms with E-state index in [0.717, 1.165) is 86.6 Å². The molecule has 1 aromatic heterocycles. The molecule has 3 saturated heterocycles. The molecule has 0 saturated carbocycles. The first kappa shape index (κ1) is 24.9. The lowest BCUT2D eigenvalue weighted by molar-refractivity contribution is 0.0498. The monoisotopic (exact) mass is 515 g/mol. The number of likely N-dealkylation sites (tertiary alicyclic amines) is 1. The molecular weight excluding hydrogens is 478 g/mol. The van der Waals surface area contributed by atoms with Crippen molar-refractivity contribution in [3.63, 3.8) is 0 Å². The Morgan fingerprint density at radius 3 is 2.47 bits per heavy atom. The molecule has 3 aliphatic heterocycles. The number of amides is 2. The molecule has 3 fully saturated rings. The SMILES string of the molecule is O=C(Nc1ccc(N2CCCC2)cc1)N1CCC(c2ncnc3cc(OCC4CCOCC4)ccc23)CC1. The van der Waals surface area contributed by atoms with Gasteiger partial charge >= 0.3 is 6.03 Å². The Kier molecular flexibility index (Phi) is 7.58. The van der Waals surface area contributed by atoms with Crippen molar-refractivity contribution in [3.05, 3.63) is 54.5 Å². The molecule has 38 heavy (non-hydrogen) atoms. The van der Waals surface area contributed by atoms with Crippen molar-refractivity contribution < 1.29 is 14.3 Å². The summed E-state index contributed by atoms with van der Waals surface area (Å²) in [5.41, 5.74) is 4.06. The van der Waals surface area contributed by atoms with E-state index in [0.29, 0.717) is 24.9 Å². The molecule has 2 aromatic carbocycles. The van der Waals surface area contributed by atoms with E-state index in [9.17, 15) is 4.79 Å². The van der Waals surface area contributed by atoms with Gasteiger partial charge in [-0.1, -0.05) is 0 Å². The fraction of sp³-hybridized carbons (Fsp3) is 0.500. The van der Waals surface area contributed by atoms with E-state index in [-0.39, 0.29) is 6.03 Å². The van der Waals surface area contributed by atoms with Crippen LogP contribution in [0, 0.1) is 5.92 Å². The lowest BCUT2D eigenvalue weighted by atomic mass is 9.91. The van der Waals surface area contributed by atoms with Gasteiger partial charge in [0.25, 0.3) is 0 Å². The third-order valence-electron chi connectivity index (χ3n) is 8.22.